The van der Waals surface area contributed by atoms with Crippen LogP contribution >= 0.6 is 0 Å². The van der Waals surface area contributed by atoms with Gasteiger partial charge in [0.25, 0.3) is 0 Å². The highest BCUT2D eigenvalue weighted by atomic mass is 19.1. The molecule has 104 valence electrons. The maximum absolute atomic E-state index is 13.2. The van der Waals surface area contributed by atoms with Crippen LogP contribution in [0.15, 0.2) is 18.2 Å². The molecule has 0 saturated carbocycles. The van der Waals surface area contributed by atoms with E-state index in [2.05, 4.69) is 0 Å². The van der Waals surface area contributed by atoms with Gasteiger partial charge in [0.1, 0.15) is 5.82 Å². The minimum atomic E-state index is -0.940. The van der Waals surface area contributed by atoms with E-state index < -0.39 is 18.0 Å². The van der Waals surface area contributed by atoms with Crippen LogP contribution in [0.5, 0.6) is 0 Å². The number of aliphatic hydroxyl groups excluding tert-OH is 1. The minimum absolute atomic E-state index is 0.228. The summed E-state index contributed by atoms with van der Waals surface area (Å²) in [6.45, 7) is 3.28. The summed E-state index contributed by atoms with van der Waals surface area (Å²) in [5, 5.41) is 18.7. The van der Waals surface area contributed by atoms with Gasteiger partial charge in [0.15, 0.2) is 0 Å². The number of hydrogen-bond donors (Lipinski definition) is 2. The standard InChI is InChI=1S/C14H18FNO3/c1-9-6-10(2-3-12(9)15)7-16-5-4-11(14(18)19)13(17)8-16/h2-3,6,11,13,17H,4-5,7-8H2,1H3,(H,18,19)/t11-,13+/m0/s1. The smallest absolute Gasteiger partial charge is 0.309 e. The molecule has 4 nitrogen and oxygen atoms in total. The summed E-state index contributed by atoms with van der Waals surface area (Å²) in [5.41, 5.74) is 1.57. The Hall–Kier alpha value is -1.46. The maximum atomic E-state index is 13.2. The highest BCUT2D eigenvalue weighted by molar-refractivity contribution is 5.70. The number of rotatable bonds is 3. The molecule has 19 heavy (non-hydrogen) atoms. The van der Waals surface area contributed by atoms with Gasteiger partial charge in [0, 0.05) is 13.1 Å². The molecule has 1 aliphatic rings. The molecule has 0 unspecified atom stereocenters. The lowest BCUT2D eigenvalue weighted by atomic mass is 9.94. The zero-order valence-electron chi connectivity index (χ0n) is 10.8. The fourth-order valence-corrected chi connectivity index (χ4v) is 2.49. The third kappa shape index (κ3) is 3.30. The van der Waals surface area contributed by atoms with Crippen LogP contribution in [-0.4, -0.2) is 40.3 Å². The third-order valence-electron chi connectivity index (χ3n) is 3.61. The van der Waals surface area contributed by atoms with Gasteiger partial charge in [-0.15, -0.1) is 0 Å². The van der Waals surface area contributed by atoms with Crippen LogP contribution in [0.25, 0.3) is 0 Å². The largest absolute Gasteiger partial charge is 0.481 e. The molecule has 1 aromatic carbocycles. The Morgan fingerprint density at radius 3 is 2.84 bits per heavy atom. The van der Waals surface area contributed by atoms with Crippen molar-refractivity contribution >= 4 is 5.97 Å². The summed E-state index contributed by atoms with van der Waals surface area (Å²) in [4.78, 5) is 12.9. The summed E-state index contributed by atoms with van der Waals surface area (Å²) < 4.78 is 13.2. The Labute approximate surface area is 111 Å². The number of aliphatic hydroxyl groups is 1. The van der Waals surface area contributed by atoms with Crippen molar-refractivity contribution in [2.75, 3.05) is 13.1 Å². The van der Waals surface area contributed by atoms with Gasteiger partial charge in [-0.3, -0.25) is 9.69 Å². The van der Waals surface area contributed by atoms with Crippen molar-refractivity contribution < 1.29 is 19.4 Å². The second kappa shape index (κ2) is 5.67. The van der Waals surface area contributed by atoms with Crippen LogP contribution in [-0.2, 0) is 11.3 Å². The SMILES string of the molecule is Cc1cc(CN2CC[C@H](C(=O)O)[C@H](O)C2)ccc1F. The maximum Gasteiger partial charge on any atom is 0.309 e. The van der Waals surface area contributed by atoms with Crippen molar-refractivity contribution in [3.8, 4) is 0 Å². The first kappa shape index (κ1) is 14.0. The average Bonchev–Trinajstić information content (AvgIpc) is 2.33. The Morgan fingerprint density at radius 2 is 2.26 bits per heavy atom. The Bertz CT molecular complexity index is 478. The van der Waals surface area contributed by atoms with Crippen molar-refractivity contribution in [1.82, 2.24) is 4.90 Å². The van der Waals surface area contributed by atoms with Crippen LogP contribution in [0, 0.1) is 18.7 Å². The van der Waals surface area contributed by atoms with Crippen LogP contribution in [0.2, 0.25) is 0 Å². The molecule has 0 aromatic heterocycles. The molecule has 1 saturated heterocycles. The Morgan fingerprint density at radius 1 is 1.53 bits per heavy atom. The molecular formula is C14H18FNO3. The summed E-state index contributed by atoms with van der Waals surface area (Å²) in [6, 6.07) is 4.94. The van der Waals surface area contributed by atoms with Gasteiger partial charge in [-0.1, -0.05) is 12.1 Å². The molecule has 2 rings (SSSR count). The Balaban J connectivity index is 1.98. The van der Waals surface area contributed by atoms with Crippen molar-refractivity contribution in [3.63, 3.8) is 0 Å². The van der Waals surface area contributed by atoms with E-state index in [1.54, 1.807) is 19.1 Å². The van der Waals surface area contributed by atoms with Gasteiger partial charge >= 0.3 is 5.97 Å². The molecule has 0 aliphatic carbocycles. The third-order valence-corrected chi connectivity index (χ3v) is 3.61. The second-order valence-electron chi connectivity index (χ2n) is 5.12. The quantitative estimate of drug-likeness (QED) is 0.869. The number of hydrogen-bond acceptors (Lipinski definition) is 3. The molecule has 0 spiro atoms. The zero-order chi connectivity index (χ0) is 14.0. The molecule has 0 radical (unpaired) electrons. The number of carboxylic acid groups (broad SMARTS) is 1. The molecule has 1 fully saturated rings. The molecule has 0 amide bonds. The van der Waals surface area contributed by atoms with Gasteiger partial charge in [-0.25, -0.2) is 4.39 Å². The van der Waals surface area contributed by atoms with E-state index in [4.69, 9.17) is 5.11 Å². The van der Waals surface area contributed by atoms with E-state index in [0.717, 1.165) is 5.56 Å². The predicted molar refractivity (Wildman–Crippen MR) is 68.2 cm³/mol. The number of halogens is 1. The van der Waals surface area contributed by atoms with E-state index >= 15 is 0 Å². The highest BCUT2D eigenvalue weighted by Gasteiger charge is 2.32. The number of aryl methyl sites for hydroxylation is 1. The molecule has 5 heteroatoms. The highest BCUT2D eigenvalue weighted by Crippen LogP contribution is 2.20. The molecule has 1 aromatic rings. The monoisotopic (exact) mass is 267 g/mol. The van der Waals surface area contributed by atoms with Crippen LogP contribution in [0.4, 0.5) is 4.39 Å². The number of piperidine rings is 1. The number of carbonyl (C=O) groups is 1. The van der Waals surface area contributed by atoms with Gasteiger partial charge in [-0.05, 0) is 37.1 Å². The van der Waals surface area contributed by atoms with Crippen LogP contribution in [0.3, 0.4) is 0 Å². The van der Waals surface area contributed by atoms with E-state index in [1.807, 2.05) is 4.90 Å². The van der Waals surface area contributed by atoms with Gasteiger partial charge < -0.3 is 10.2 Å². The second-order valence-corrected chi connectivity index (χ2v) is 5.12. The number of benzene rings is 1. The average molecular weight is 267 g/mol. The van der Waals surface area contributed by atoms with Gasteiger partial charge in [0.2, 0.25) is 0 Å². The molecule has 2 atom stereocenters. The van der Waals surface area contributed by atoms with Crippen molar-refractivity contribution in [2.24, 2.45) is 5.92 Å². The van der Waals surface area contributed by atoms with Crippen molar-refractivity contribution in [2.45, 2.75) is 26.0 Å². The normalized spacial score (nSPS) is 24.4. The lowest BCUT2D eigenvalue weighted by Crippen LogP contribution is -2.46. The number of aliphatic carboxylic acids is 1. The fourth-order valence-electron chi connectivity index (χ4n) is 2.49. The van der Waals surface area contributed by atoms with E-state index in [-0.39, 0.29) is 5.82 Å². The summed E-state index contributed by atoms with van der Waals surface area (Å²) in [7, 11) is 0. The number of β-amino-alcohol motifs (C(OH)–C–C–N with tert-alkyl or cyclic N) is 1. The summed E-state index contributed by atoms with van der Waals surface area (Å²) in [5.74, 6) is -1.84. The first-order valence-corrected chi connectivity index (χ1v) is 6.35. The molecular weight excluding hydrogens is 249 g/mol. The van der Waals surface area contributed by atoms with Crippen molar-refractivity contribution in [3.05, 3.63) is 35.1 Å². The topological polar surface area (TPSA) is 60.8 Å². The van der Waals surface area contributed by atoms with Gasteiger partial charge in [-0.2, -0.15) is 0 Å². The zero-order valence-corrected chi connectivity index (χ0v) is 10.8. The van der Waals surface area contributed by atoms with E-state index in [9.17, 15) is 14.3 Å². The number of carboxylic acids is 1. The van der Waals surface area contributed by atoms with Gasteiger partial charge in [0.05, 0.1) is 12.0 Å². The number of likely N-dealkylation sites (tertiary alicyclic amines) is 1. The predicted octanol–water partition coefficient (Wildman–Crippen LogP) is 1.40. The summed E-state index contributed by atoms with van der Waals surface area (Å²) >= 11 is 0. The van der Waals surface area contributed by atoms with E-state index in [1.165, 1.54) is 6.07 Å². The van der Waals surface area contributed by atoms with Crippen molar-refractivity contribution in [1.29, 1.82) is 0 Å². The lowest BCUT2D eigenvalue weighted by Gasteiger charge is -2.33. The van der Waals surface area contributed by atoms with Crippen LogP contribution < -0.4 is 0 Å². The Kier molecular flexibility index (Phi) is 4.17. The van der Waals surface area contributed by atoms with Crippen LogP contribution in [0.1, 0.15) is 17.5 Å². The molecule has 1 aliphatic heterocycles. The van der Waals surface area contributed by atoms with E-state index in [0.29, 0.717) is 31.6 Å². The number of nitrogens with zero attached hydrogens (tertiary/aromatic N) is 1. The minimum Gasteiger partial charge on any atom is -0.481 e. The first-order chi connectivity index (χ1) is 8.97. The summed E-state index contributed by atoms with van der Waals surface area (Å²) in [6.07, 6.45) is -0.399. The molecule has 2 N–H and O–H groups in total. The molecule has 0 bridgehead atoms. The first-order valence-electron chi connectivity index (χ1n) is 6.35. The fraction of sp³-hybridized carbons (Fsp3) is 0.500. The molecule has 1 heterocycles. The lowest BCUT2D eigenvalue weighted by molar-refractivity contribution is -0.148.